The average molecular weight is 215 g/mol. The molecule has 1 heterocycles. The molecule has 1 aliphatic heterocycles. The summed E-state index contributed by atoms with van der Waals surface area (Å²) in [6.07, 6.45) is 6.86. The number of hydrogen-bond acceptors (Lipinski definition) is 2. The number of hydrogen-bond donors (Lipinski definition) is 1. The summed E-state index contributed by atoms with van der Waals surface area (Å²) in [5.74, 6) is 1.86. The van der Waals surface area contributed by atoms with Crippen LogP contribution in [0.3, 0.4) is 0 Å². The van der Waals surface area contributed by atoms with Crippen molar-refractivity contribution in [2.75, 3.05) is 18.8 Å². The Morgan fingerprint density at radius 1 is 1.43 bits per heavy atom. The van der Waals surface area contributed by atoms with E-state index < -0.39 is 0 Å². The van der Waals surface area contributed by atoms with Crippen molar-refractivity contribution in [3.63, 3.8) is 0 Å². The van der Waals surface area contributed by atoms with E-state index in [2.05, 4.69) is 31.4 Å². The van der Waals surface area contributed by atoms with Gasteiger partial charge in [-0.1, -0.05) is 19.8 Å². The van der Waals surface area contributed by atoms with Crippen molar-refractivity contribution in [2.24, 2.45) is 5.92 Å². The number of thiol groups is 1. The zero-order valence-electron chi connectivity index (χ0n) is 9.71. The lowest BCUT2D eigenvalue weighted by Crippen LogP contribution is -2.40. The molecule has 84 valence electrons. The Bertz CT molecular complexity index is 149. The second-order valence-corrected chi connectivity index (χ2v) is 5.04. The highest BCUT2D eigenvalue weighted by Crippen LogP contribution is 2.19. The van der Waals surface area contributed by atoms with Crippen LogP contribution in [0.1, 0.15) is 46.0 Å². The van der Waals surface area contributed by atoms with Crippen LogP contribution in [-0.4, -0.2) is 29.8 Å². The first-order chi connectivity index (χ1) is 6.77. The van der Waals surface area contributed by atoms with Gasteiger partial charge in [-0.2, -0.15) is 12.6 Å². The van der Waals surface area contributed by atoms with Crippen LogP contribution in [0, 0.1) is 5.92 Å². The maximum atomic E-state index is 4.45. The fraction of sp³-hybridized carbons (Fsp3) is 1.00. The smallest absolute Gasteiger partial charge is 0.00670 e. The molecule has 0 radical (unpaired) electrons. The molecule has 1 nitrogen and oxygen atoms in total. The Balaban J connectivity index is 2.31. The predicted molar refractivity (Wildman–Crippen MR) is 67.1 cm³/mol. The maximum absolute atomic E-state index is 4.45. The van der Waals surface area contributed by atoms with Crippen LogP contribution in [0.4, 0.5) is 0 Å². The number of piperidine rings is 1. The summed E-state index contributed by atoms with van der Waals surface area (Å²) in [6, 6.07) is 0.808. The minimum Gasteiger partial charge on any atom is -0.300 e. The quantitative estimate of drug-likeness (QED) is 0.689. The molecule has 0 spiro atoms. The van der Waals surface area contributed by atoms with Crippen LogP contribution < -0.4 is 0 Å². The standard InChI is InChI=1S/C12H25NS/c1-3-6-12(10-14)9-13-8-5-4-7-11(13)2/h11-12,14H,3-10H2,1-2H3. The summed E-state index contributed by atoms with van der Waals surface area (Å²) in [5.41, 5.74) is 0. The Morgan fingerprint density at radius 2 is 2.21 bits per heavy atom. The molecule has 2 atom stereocenters. The third kappa shape index (κ3) is 3.82. The second kappa shape index (κ2) is 6.73. The molecule has 0 saturated carbocycles. The van der Waals surface area contributed by atoms with E-state index in [1.165, 1.54) is 45.2 Å². The highest BCUT2D eigenvalue weighted by atomic mass is 32.1. The van der Waals surface area contributed by atoms with Crippen molar-refractivity contribution in [1.29, 1.82) is 0 Å². The minimum atomic E-state index is 0.808. The van der Waals surface area contributed by atoms with Gasteiger partial charge in [0.15, 0.2) is 0 Å². The average Bonchev–Trinajstić information content (AvgIpc) is 2.20. The molecule has 1 rings (SSSR count). The van der Waals surface area contributed by atoms with Gasteiger partial charge in [0, 0.05) is 12.6 Å². The molecule has 0 aromatic carbocycles. The largest absolute Gasteiger partial charge is 0.300 e. The maximum Gasteiger partial charge on any atom is 0.00670 e. The van der Waals surface area contributed by atoms with E-state index in [1.807, 2.05) is 0 Å². The molecule has 0 aromatic heterocycles. The molecule has 2 unspecified atom stereocenters. The topological polar surface area (TPSA) is 3.24 Å². The first-order valence-electron chi connectivity index (χ1n) is 6.12. The zero-order chi connectivity index (χ0) is 10.4. The lowest BCUT2D eigenvalue weighted by atomic mass is 9.99. The van der Waals surface area contributed by atoms with Crippen LogP contribution in [0.25, 0.3) is 0 Å². The number of likely N-dealkylation sites (tertiary alicyclic amines) is 1. The van der Waals surface area contributed by atoms with Gasteiger partial charge >= 0.3 is 0 Å². The van der Waals surface area contributed by atoms with Gasteiger partial charge in [-0.15, -0.1) is 0 Å². The van der Waals surface area contributed by atoms with Gasteiger partial charge in [0.05, 0.1) is 0 Å². The number of rotatable bonds is 5. The molecule has 14 heavy (non-hydrogen) atoms. The molecule has 0 N–H and O–H groups in total. The lowest BCUT2D eigenvalue weighted by Gasteiger charge is -2.35. The van der Waals surface area contributed by atoms with E-state index >= 15 is 0 Å². The highest BCUT2D eigenvalue weighted by molar-refractivity contribution is 7.80. The van der Waals surface area contributed by atoms with Crippen LogP contribution >= 0.6 is 12.6 Å². The van der Waals surface area contributed by atoms with E-state index in [-0.39, 0.29) is 0 Å². The third-order valence-electron chi connectivity index (χ3n) is 3.39. The van der Waals surface area contributed by atoms with Gasteiger partial charge in [-0.3, -0.25) is 0 Å². The molecule has 0 amide bonds. The molecule has 2 heteroatoms. The van der Waals surface area contributed by atoms with Crippen LogP contribution in [0.2, 0.25) is 0 Å². The molecular formula is C12H25NS. The monoisotopic (exact) mass is 215 g/mol. The molecule has 1 fully saturated rings. The van der Waals surface area contributed by atoms with Gasteiger partial charge in [0.2, 0.25) is 0 Å². The van der Waals surface area contributed by atoms with E-state index in [9.17, 15) is 0 Å². The Kier molecular flexibility index (Phi) is 5.95. The van der Waals surface area contributed by atoms with Gasteiger partial charge in [0.1, 0.15) is 0 Å². The molecule has 1 aliphatic rings. The second-order valence-electron chi connectivity index (χ2n) is 4.68. The van der Waals surface area contributed by atoms with E-state index in [1.54, 1.807) is 0 Å². The van der Waals surface area contributed by atoms with Gasteiger partial charge < -0.3 is 4.90 Å². The van der Waals surface area contributed by atoms with Crippen LogP contribution in [-0.2, 0) is 0 Å². The molecule has 0 aromatic rings. The van der Waals surface area contributed by atoms with Crippen LogP contribution in [0.5, 0.6) is 0 Å². The first kappa shape index (κ1) is 12.4. The van der Waals surface area contributed by atoms with E-state index in [0.29, 0.717) is 0 Å². The fourth-order valence-electron chi connectivity index (χ4n) is 2.41. The summed E-state index contributed by atoms with van der Waals surface area (Å²) in [5, 5.41) is 0. The fourth-order valence-corrected chi connectivity index (χ4v) is 2.71. The molecule has 0 aliphatic carbocycles. The third-order valence-corrected chi connectivity index (χ3v) is 3.90. The normalized spacial score (nSPS) is 26.4. The van der Waals surface area contributed by atoms with Crippen molar-refractivity contribution in [3.8, 4) is 0 Å². The lowest BCUT2D eigenvalue weighted by molar-refractivity contribution is 0.138. The van der Waals surface area contributed by atoms with Crippen molar-refractivity contribution >= 4 is 12.6 Å². The number of nitrogens with zero attached hydrogens (tertiary/aromatic N) is 1. The molecule has 0 bridgehead atoms. The summed E-state index contributed by atoms with van der Waals surface area (Å²) >= 11 is 4.45. The van der Waals surface area contributed by atoms with E-state index in [0.717, 1.165) is 17.7 Å². The minimum absolute atomic E-state index is 0.808. The van der Waals surface area contributed by atoms with Crippen molar-refractivity contribution in [3.05, 3.63) is 0 Å². The molecular weight excluding hydrogens is 190 g/mol. The SMILES string of the molecule is CCCC(CS)CN1CCCCC1C. The Morgan fingerprint density at radius 3 is 2.79 bits per heavy atom. The first-order valence-corrected chi connectivity index (χ1v) is 6.76. The Labute approximate surface area is 94.7 Å². The zero-order valence-corrected chi connectivity index (χ0v) is 10.6. The summed E-state index contributed by atoms with van der Waals surface area (Å²) < 4.78 is 0. The van der Waals surface area contributed by atoms with Gasteiger partial charge in [-0.25, -0.2) is 0 Å². The van der Waals surface area contributed by atoms with Crippen molar-refractivity contribution < 1.29 is 0 Å². The predicted octanol–water partition coefficient (Wildman–Crippen LogP) is 3.21. The Hall–Kier alpha value is 0.310. The van der Waals surface area contributed by atoms with E-state index in [4.69, 9.17) is 0 Å². The van der Waals surface area contributed by atoms with Crippen molar-refractivity contribution in [1.82, 2.24) is 4.90 Å². The van der Waals surface area contributed by atoms with Crippen molar-refractivity contribution in [2.45, 2.75) is 52.0 Å². The van der Waals surface area contributed by atoms with Gasteiger partial charge in [-0.05, 0) is 44.4 Å². The van der Waals surface area contributed by atoms with Gasteiger partial charge in [0.25, 0.3) is 0 Å². The molecule has 1 saturated heterocycles. The van der Waals surface area contributed by atoms with Crippen LogP contribution in [0.15, 0.2) is 0 Å². The summed E-state index contributed by atoms with van der Waals surface area (Å²) in [7, 11) is 0. The summed E-state index contributed by atoms with van der Waals surface area (Å²) in [4.78, 5) is 2.67. The highest BCUT2D eigenvalue weighted by Gasteiger charge is 2.20. The summed E-state index contributed by atoms with van der Waals surface area (Å²) in [6.45, 7) is 7.24.